The molecule has 0 saturated carbocycles. The van der Waals surface area contributed by atoms with Crippen LogP contribution < -0.4 is 16.6 Å². The van der Waals surface area contributed by atoms with E-state index in [1.807, 2.05) is 48.5 Å². The number of nitrogens with zero attached hydrogens (tertiary/aromatic N) is 2. The van der Waals surface area contributed by atoms with Crippen LogP contribution in [0.5, 0.6) is 0 Å². The van der Waals surface area contributed by atoms with Gasteiger partial charge in [0.05, 0.1) is 16.3 Å². The maximum atomic E-state index is 13.0. The lowest BCUT2D eigenvalue weighted by Gasteiger charge is -2.09. The first-order chi connectivity index (χ1) is 18.3. The third-order valence-corrected chi connectivity index (χ3v) is 7.09. The SMILES string of the molecule is Nc1c(C(=O)NNC(=O)c2cccc([N+](=O)[O-])c2)sc2nc(-c3ccccc3)cc(-c3ccc(Cl)cc3)c12. The first kappa shape index (κ1) is 24.9. The molecule has 38 heavy (non-hydrogen) atoms. The van der Waals surface area contributed by atoms with E-state index in [1.165, 1.54) is 18.2 Å². The Balaban J connectivity index is 1.50. The number of rotatable bonds is 5. The number of hydrogen-bond donors (Lipinski definition) is 3. The molecule has 5 rings (SSSR count). The van der Waals surface area contributed by atoms with Crippen molar-refractivity contribution in [2.45, 2.75) is 0 Å². The molecule has 0 bridgehead atoms. The fourth-order valence-electron chi connectivity index (χ4n) is 3.91. The Hall–Kier alpha value is -4.80. The number of nitrogen functional groups attached to an aromatic ring is 1. The number of benzene rings is 3. The number of aromatic nitrogens is 1. The first-order valence-corrected chi connectivity index (χ1v) is 12.4. The summed E-state index contributed by atoms with van der Waals surface area (Å²) in [5, 5.41) is 12.2. The minimum Gasteiger partial charge on any atom is -0.397 e. The molecule has 0 spiro atoms. The van der Waals surface area contributed by atoms with Crippen LogP contribution in [0.2, 0.25) is 5.02 Å². The van der Waals surface area contributed by atoms with E-state index in [0.717, 1.165) is 34.1 Å². The molecule has 0 aliphatic rings. The van der Waals surface area contributed by atoms with E-state index < -0.39 is 16.7 Å². The Kier molecular flexibility index (Phi) is 6.73. The maximum Gasteiger partial charge on any atom is 0.281 e. The summed E-state index contributed by atoms with van der Waals surface area (Å²) >= 11 is 7.19. The fraction of sp³-hybridized carbons (Fsp3) is 0. The van der Waals surface area contributed by atoms with Crippen LogP contribution in [0.1, 0.15) is 20.0 Å². The second kappa shape index (κ2) is 10.3. The molecule has 5 aromatic rings. The lowest BCUT2D eigenvalue weighted by Crippen LogP contribution is -2.41. The molecule has 0 unspecified atom stereocenters. The van der Waals surface area contributed by atoms with Crippen molar-refractivity contribution in [2.75, 3.05) is 5.73 Å². The molecular weight excluding hydrogens is 526 g/mol. The Morgan fingerprint density at radius 2 is 1.61 bits per heavy atom. The second-order valence-corrected chi connectivity index (χ2v) is 9.60. The van der Waals surface area contributed by atoms with Gasteiger partial charge in [-0.05, 0) is 35.4 Å². The number of fused-ring (bicyclic) bond motifs is 1. The summed E-state index contributed by atoms with van der Waals surface area (Å²) in [5.74, 6) is -1.36. The molecule has 0 atom stereocenters. The van der Waals surface area contributed by atoms with Crippen LogP contribution in [0.15, 0.2) is 84.9 Å². The number of amides is 2. The van der Waals surface area contributed by atoms with Gasteiger partial charge in [0.2, 0.25) is 0 Å². The van der Waals surface area contributed by atoms with Gasteiger partial charge in [-0.3, -0.25) is 30.6 Å². The quantitative estimate of drug-likeness (QED) is 0.188. The van der Waals surface area contributed by atoms with Gasteiger partial charge >= 0.3 is 0 Å². The molecule has 0 aliphatic heterocycles. The van der Waals surface area contributed by atoms with Gasteiger partial charge in [0.15, 0.2) is 0 Å². The number of nitro benzene ring substituents is 1. The van der Waals surface area contributed by atoms with Crippen LogP contribution in [0.3, 0.4) is 0 Å². The summed E-state index contributed by atoms with van der Waals surface area (Å²) in [6.07, 6.45) is 0. The monoisotopic (exact) mass is 543 g/mol. The molecule has 9 nitrogen and oxygen atoms in total. The zero-order chi connectivity index (χ0) is 26.8. The second-order valence-electron chi connectivity index (χ2n) is 8.17. The van der Waals surface area contributed by atoms with Crippen LogP contribution in [0.4, 0.5) is 11.4 Å². The predicted molar refractivity (Wildman–Crippen MR) is 148 cm³/mol. The van der Waals surface area contributed by atoms with Gasteiger partial charge in [-0.15, -0.1) is 11.3 Å². The molecule has 4 N–H and O–H groups in total. The molecule has 188 valence electrons. The molecular formula is C27H18ClN5O4S. The summed E-state index contributed by atoms with van der Waals surface area (Å²) in [6.45, 7) is 0. The zero-order valence-corrected chi connectivity index (χ0v) is 21.0. The first-order valence-electron chi connectivity index (χ1n) is 11.2. The number of thiophene rings is 1. The standard InChI is InChI=1S/C27H18ClN5O4S/c28-18-11-9-15(10-12-18)20-14-21(16-5-2-1-3-6-16)30-27-22(20)23(29)24(38-27)26(35)32-31-25(34)17-7-4-8-19(13-17)33(36)37/h1-14H,29H2,(H,31,34)(H,32,35). The van der Waals surface area contributed by atoms with Crippen LogP contribution in [0, 0.1) is 10.1 Å². The molecule has 0 fully saturated rings. The van der Waals surface area contributed by atoms with Crippen molar-refractivity contribution < 1.29 is 14.5 Å². The third-order valence-electron chi connectivity index (χ3n) is 5.74. The van der Waals surface area contributed by atoms with E-state index in [9.17, 15) is 19.7 Å². The van der Waals surface area contributed by atoms with Gasteiger partial charge in [0.1, 0.15) is 9.71 Å². The minimum atomic E-state index is -0.715. The van der Waals surface area contributed by atoms with E-state index in [-0.39, 0.29) is 21.8 Å². The van der Waals surface area contributed by atoms with Gasteiger partial charge in [0.25, 0.3) is 17.5 Å². The number of pyridine rings is 1. The van der Waals surface area contributed by atoms with E-state index in [2.05, 4.69) is 10.9 Å². The average Bonchev–Trinajstić information content (AvgIpc) is 3.28. The predicted octanol–water partition coefficient (Wildman–Crippen LogP) is 5.85. The maximum absolute atomic E-state index is 13.0. The molecule has 11 heteroatoms. The van der Waals surface area contributed by atoms with Crippen molar-refractivity contribution in [3.8, 4) is 22.4 Å². The molecule has 3 aromatic carbocycles. The Bertz CT molecular complexity index is 1700. The number of carbonyl (C=O) groups excluding carboxylic acids is 2. The molecule has 2 aromatic heterocycles. The van der Waals surface area contributed by atoms with Crippen LogP contribution >= 0.6 is 22.9 Å². The van der Waals surface area contributed by atoms with Gasteiger partial charge in [-0.25, -0.2) is 4.98 Å². The lowest BCUT2D eigenvalue weighted by atomic mass is 9.99. The summed E-state index contributed by atoms with van der Waals surface area (Å²) in [6, 6.07) is 23.9. The largest absolute Gasteiger partial charge is 0.397 e. The normalized spacial score (nSPS) is 10.8. The number of nitrogens with one attached hydrogen (secondary N) is 2. The average molecular weight is 544 g/mol. The zero-order valence-electron chi connectivity index (χ0n) is 19.5. The highest BCUT2D eigenvalue weighted by Crippen LogP contribution is 2.41. The molecule has 0 saturated heterocycles. The summed E-state index contributed by atoms with van der Waals surface area (Å²) in [4.78, 5) is 41.4. The smallest absolute Gasteiger partial charge is 0.281 e. The highest BCUT2D eigenvalue weighted by molar-refractivity contribution is 7.21. The van der Waals surface area contributed by atoms with E-state index in [1.54, 1.807) is 12.1 Å². The van der Waals surface area contributed by atoms with Crippen LogP contribution in [-0.4, -0.2) is 21.7 Å². The Labute approximate surface area is 225 Å². The Morgan fingerprint density at radius 3 is 2.32 bits per heavy atom. The van der Waals surface area contributed by atoms with Crippen molar-refractivity contribution in [1.82, 2.24) is 15.8 Å². The van der Waals surface area contributed by atoms with Crippen LogP contribution in [-0.2, 0) is 0 Å². The van der Waals surface area contributed by atoms with Crippen molar-refractivity contribution in [1.29, 1.82) is 0 Å². The van der Waals surface area contributed by atoms with Gasteiger partial charge in [-0.2, -0.15) is 0 Å². The Morgan fingerprint density at radius 1 is 0.895 bits per heavy atom. The van der Waals surface area contributed by atoms with Crippen LogP contribution in [0.25, 0.3) is 32.6 Å². The number of halogens is 1. The highest BCUT2D eigenvalue weighted by atomic mass is 35.5. The van der Waals surface area contributed by atoms with Crippen molar-refractivity contribution >= 4 is 56.3 Å². The summed E-state index contributed by atoms with van der Waals surface area (Å²) in [7, 11) is 0. The number of nitro groups is 1. The number of nitrogens with two attached hydrogens (primary N) is 1. The van der Waals surface area contributed by atoms with E-state index in [0.29, 0.717) is 20.9 Å². The number of carbonyl (C=O) groups is 2. The van der Waals surface area contributed by atoms with Crippen molar-refractivity contribution in [2.24, 2.45) is 0 Å². The molecule has 2 heterocycles. The number of hydrazine groups is 1. The van der Waals surface area contributed by atoms with Crippen molar-refractivity contribution in [3.05, 3.63) is 111 Å². The lowest BCUT2D eigenvalue weighted by molar-refractivity contribution is -0.384. The van der Waals surface area contributed by atoms with E-state index >= 15 is 0 Å². The fourth-order valence-corrected chi connectivity index (χ4v) is 5.05. The molecule has 0 radical (unpaired) electrons. The highest BCUT2D eigenvalue weighted by Gasteiger charge is 2.22. The molecule has 2 amide bonds. The van der Waals surface area contributed by atoms with Gasteiger partial charge in [-0.1, -0.05) is 60.1 Å². The number of hydrogen-bond acceptors (Lipinski definition) is 7. The summed E-state index contributed by atoms with van der Waals surface area (Å²) in [5.41, 5.74) is 14.3. The minimum absolute atomic E-state index is 0.0167. The topological polar surface area (TPSA) is 140 Å². The van der Waals surface area contributed by atoms with Gasteiger partial charge < -0.3 is 5.73 Å². The summed E-state index contributed by atoms with van der Waals surface area (Å²) < 4.78 is 0. The third kappa shape index (κ3) is 4.90. The van der Waals surface area contributed by atoms with Crippen molar-refractivity contribution in [3.63, 3.8) is 0 Å². The van der Waals surface area contributed by atoms with Gasteiger partial charge in [0, 0.05) is 33.7 Å². The molecule has 0 aliphatic carbocycles. The number of non-ortho nitro benzene ring substituents is 1. The number of anilines is 1. The van der Waals surface area contributed by atoms with E-state index in [4.69, 9.17) is 22.3 Å².